The van der Waals surface area contributed by atoms with Crippen LogP contribution in [0.25, 0.3) is 5.69 Å². The van der Waals surface area contributed by atoms with Gasteiger partial charge in [-0.15, -0.1) is 0 Å². The highest BCUT2D eigenvalue weighted by Crippen LogP contribution is 2.30. The van der Waals surface area contributed by atoms with E-state index in [0.29, 0.717) is 5.69 Å². The first-order valence-corrected chi connectivity index (χ1v) is 10.6. The molecule has 0 aliphatic rings. The van der Waals surface area contributed by atoms with Gasteiger partial charge in [-0.3, -0.25) is 13.9 Å². The summed E-state index contributed by atoms with van der Waals surface area (Å²) in [5.41, 5.74) is 10.5. The van der Waals surface area contributed by atoms with E-state index < -0.39 is 22.9 Å². The molecule has 0 fully saturated rings. The quantitative estimate of drug-likeness (QED) is 0.317. The number of hydrogen-bond acceptors (Lipinski definition) is 9. The fraction of sp³-hybridized carbons (Fsp3) is 0.273. The van der Waals surface area contributed by atoms with Crippen LogP contribution in [0, 0.1) is 16.1 Å². The Labute approximate surface area is 210 Å². The van der Waals surface area contributed by atoms with Crippen LogP contribution in [0.1, 0.15) is 52.7 Å². The second-order valence-electron chi connectivity index (χ2n) is 8.70. The van der Waals surface area contributed by atoms with Crippen molar-refractivity contribution in [1.82, 2.24) is 18.9 Å². The summed E-state index contributed by atoms with van der Waals surface area (Å²) >= 11 is 4.84. The number of carbonyl (C=O) groups is 2. The molecule has 0 radical (unpaired) electrons. The maximum absolute atomic E-state index is 11.2. The van der Waals surface area contributed by atoms with Gasteiger partial charge in [-0.05, 0) is 30.4 Å². The van der Waals surface area contributed by atoms with Gasteiger partial charge in [-0.2, -0.15) is 10.4 Å². The lowest BCUT2D eigenvalue weighted by Gasteiger charge is -2.15. The number of aromatic nitrogens is 4. The van der Waals surface area contributed by atoms with Crippen molar-refractivity contribution in [3.8, 4) is 17.6 Å². The third-order valence-corrected chi connectivity index (χ3v) is 5.61. The van der Waals surface area contributed by atoms with E-state index >= 15 is 0 Å². The Kier molecular flexibility index (Phi) is 7.61. The van der Waals surface area contributed by atoms with Crippen molar-refractivity contribution < 1.29 is 24.9 Å². The summed E-state index contributed by atoms with van der Waals surface area (Å²) in [7, 11) is 3.04. The number of nitrogen functional groups attached to an aromatic ring is 2. The molecule has 0 saturated heterocycles. The maximum Gasteiger partial charge on any atom is 0.335 e. The molecule has 14 heteroatoms. The second-order valence-corrected chi connectivity index (χ2v) is 9.07. The van der Waals surface area contributed by atoms with E-state index in [1.807, 2.05) is 26.8 Å². The topological polar surface area (TPSA) is 215 Å². The van der Waals surface area contributed by atoms with Crippen LogP contribution in [-0.4, -0.2) is 46.2 Å². The van der Waals surface area contributed by atoms with Crippen molar-refractivity contribution in [1.29, 1.82) is 5.26 Å². The number of nitriles is 1. The Bertz CT molecular complexity index is 1470. The highest BCUT2D eigenvalue weighted by atomic mass is 32.1. The van der Waals surface area contributed by atoms with Gasteiger partial charge in [-0.1, -0.05) is 20.8 Å². The molecule has 190 valence electrons. The van der Waals surface area contributed by atoms with Crippen LogP contribution in [0.5, 0.6) is 5.88 Å². The number of aromatic carboxylic acids is 2. The number of carboxylic acid groups (broad SMARTS) is 2. The highest BCUT2D eigenvalue weighted by Gasteiger charge is 2.27. The summed E-state index contributed by atoms with van der Waals surface area (Å²) < 4.78 is 3.89. The summed E-state index contributed by atoms with van der Waals surface area (Å²) in [4.78, 5) is 33.6. The predicted octanol–water partition coefficient (Wildman–Crippen LogP) is 1.76. The van der Waals surface area contributed by atoms with Crippen molar-refractivity contribution in [2.24, 2.45) is 14.1 Å². The van der Waals surface area contributed by atoms with E-state index in [4.69, 9.17) is 33.9 Å². The fourth-order valence-electron chi connectivity index (χ4n) is 3.10. The summed E-state index contributed by atoms with van der Waals surface area (Å²) in [6.07, 6.45) is 0. The zero-order valence-electron chi connectivity index (χ0n) is 20.1. The van der Waals surface area contributed by atoms with Crippen LogP contribution in [0.15, 0.2) is 23.0 Å². The van der Waals surface area contributed by atoms with Crippen molar-refractivity contribution in [2.75, 3.05) is 11.5 Å². The average molecular weight is 516 g/mol. The Hall–Kier alpha value is -4.64. The van der Waals surface area contributed by atoms with Crippen molar-refractivity contribution in [3.05, 3.63) is 55.7 Å². The molecule has 3 aromatic rings. The molecule has 2 heterocycles. The normalized spacial score (nSPS) is 10.8. The molecule has 2 aromatic heterocycles. The third kappa shape index (κ3) is 5.20. The van der Waals surface area contributed by atoms with E-state index in [1.54, 1.807) is 0 Å². The molecule has 13 nitrogen and oxygen atoms in total. The maximum atomic E-state index is 11.2. The molecule has 0 saturated carbocycles. The number of aromatic hydroxyl groups is 1. The molecule has 7 N–H and O–H groups in total. The van der Waals surface area contributed by atoms with Gasteiger partial charge in [0.15, 0.2) is 10.5 Å². The van der Waals surface area contributed by atoms with Crippen molar-refractivity contribution in [2.45, 2.75) is 26.2 Å². The van der Waals surface area contributed by atoms with Crippen molar-refractivity contribution >= 4 is 35.7 Å². The first-order chi connectivity index (χ1) is 16.5. The van der Waals surface area contributed by atoms with Crippen LogP contribution in [0.4, 0.5) is 11.5 Å². The van der Waals surface area contributed by atoms with Gasteiger partial charge in [0.1, 0.15) is 17.5 Å². The Morgan fingerprint density at radius 1 is 1.06 bits per heavy atom. The molecule has 0 bridgehead atoms. The third-order valence-electron chi connectivity index (χ3n) is 5.07. The largest absolute Gasteiger partial charge is 0.493 e. The number of anilines is 2. The zero-order valence-corrected chi connectivity index (χ0v) is 20.9. The minimum atomic E-state index is -1.28. The molecule has 0 spiro atoms. The summed E-state index contributed by atoms with van der Waals surface area (Å²) in [6, 6.07) is 5.55. The average Bonchev–Trinajstić information content (AvgIpc) is 3.17. The summed E-state index contributed by atoms with van der Waals surface area (Å²) in [5, 5.41) is 41.2. The molecule has 36 heavy (non-hydrogen) atoms. The molecule has 0 aliphatic heterocycles. The van der Waals surface area contributed by atoms with Gasteiger partial charge in [0.05, 0.1) is 22.5 Å². The standard InChI is InChI=1S/C16H16N4O4.C6H9N3O2S/c1-16(2,3)12-11(7-17)13(18)20(19-12)10-5-8(14(21)22)4-9(6-10)15(23)24;1-8-4(10)3(7)5(11)9(2)6(8)12/h4-6H,18H2,1-3H3,(H,21,22)(H,23,24);10H,7H2,1-2H3. The van der Waals surface area contributed by atoms with Crippen LogP contribution >= 0.6 is 12.2 Å². The summed E-state index contributed by atoms with van der Waals surface area (Å²) in [5.74, 6) is -2.81. The fourth-order valence-corrected chi connectivity index (χ4v) is 3.27. The van der Waals surface area contributed by atoms with Gasteiger partial charge in [-0.25, -0.2) is 14.3 Å². The van der Waals surface area contributed by atoms with E-state index in [0.717, 1.165) is 6.07 Å². The number of carboxylic acids is 2. The van der Waals surface area contributed by atoms with E-state index in [1.165, 1.54) is 40.0 Å². The molecule has 1 aromatic carbocycles. The Balaban J connectivity index is 0.000000319. The van der Waals surface area contributed by atoms with Gasteiger partial charge < -0.3 is 26.8 Å². The number of benzene rings is 1. The molecule has 0 aliphatic carbocycles. The smallest absolute Gasteiger partial charge is 0.335 e. The highest BCUT2D eigenvalue weighted by molar-refractivity contribution is 7.71. The van der Waals surface area contributed by atoms with Crippen LogP contribution in [-0.2, 0) is 19.5 Å². The van der Waals surface area contributed by atoms with E-state index in [9.17, 15) is 24.8 Å². The first-order valence-electron chi connectivity index (χ1n) is 10.2. The van der Waals surface area contributed by atoms with Gasteiger partial charge in [0, 0.05) is 19.5 Å². The first kappa shape index (κ1) is 27.6. The zero-order chi connectivity index (χ0) is 27.7. The van der Waals surface area contributed by atoms with Gasteiger partial charge in [0.25, 0.3) is 5.56 Å². The molecule has 0 amide bonds. The van der Waals surface area contributed by atoms with E-state index in [2.05, 4.69) is 5.10 Å². The lowest BCUT2D eigenvalue weighted by molar-refractivity contribution is 0.0696. The predicted molar refractivity (Wildman–Crippen MR) is 133 cm³/mol. The van der Waals surface area contributed by atoms with Crippen LogP contribution in [0.3, 0.4) is 0 Å². The molecular formula is C22H25N7O6S. The van der Waals surface area contributed by atoms with Crippen LogP contribution < -0.4 is 17.0 Å². The van der Waals surface area contributed by atoms with Gasteiger partial charge >= 0.3 is 11.9 Å². The summed E-state index contributed by atoms with van der Waals surface area (Å²) in [6.45, 7) is 5.57. The lowest BCUT2D eigenvalue weighted by Crippen LogP contribution is -2.24. The monoisotopic (exact) mass is 515 g/mol. The Morgan fingerprint density at radius 2 is 1.56 bits per heavy atom. The van der Waals surface area contributed by atoms with Gasteiger partial charge in [0.2, 0.25) is 5.88 Å². The number of nitrogens with zero attached hydrogens (tertiary/aromatic N) is 5. The van der Waals surface area contributed by atoms with E-state index in [-0.39, 0.29) is 44.5 Å². The number of nitrogens with two attached hydrogens (primary N) is 2. The lowest BCUT2D eigenvalue weighted by atomic mass is 9.90. The van der Waals surface area contributed by atoms with Crippen LogP contribution in [0.2, 0.25) is 0 Å². The minimum Gasteiger partial charge on any atom is -0.493 e. The van der Waals surface area contributed by atoms with Crippen molar-refractivity contribution in [3.63, 3.8) is 0 Å². The Morgan fingerprint density at radius 3 is 1.94 bits per heavy atom. The molecule has 0 atom stereocenters. The molecule has 3 rings (SSSR count). The number of hydrogen-bond donors (Lipinski definition) is 5. The SMILES string of the molecule is CC(C)(C)c1nn(-c2cc(C(=O)O)cc(C(=O)O)c2)c(N)c1C#N.Cn1c(O)c(N)c(=O)n(C)c1=S. The molecular weight excluding hydrogens is 490 g/mol. The minimum absolute atomic E-state index is 0.0290. The molecule has 0 unspecified atom stereocenters. The number of rotatable bonds is 3. The second kappa shape index (κ2) is 9.92.